The molecule has 1 atom stereocenters. The summed E-state index contributed by atoms with van der Waals surface area (Å²) in [5.74, 6) is -0.149. The van der Waals surface area contributed by atoms with Crippen molar-refractivity contribution in [3.8, 4) is 11.1 Å². The number of para-hydroxylation sites is 1. The molecule has 1 amide bonds. The Morgan fingerprint density at radius 3 is 2.56 bits per heavy atom. The highest BCUT2D eigenvalue weighted by molar-refractivity contribution is 6.30. The quantitative estimate of drug-likeness (QED) is 0.270. The van der Waals surface area contributed by atoms with Gasteiger partial charge in [-0.05, 0) is 36.2 Å². The zero-order valence-corrected chi connectivity index (χ0v) is 22.0. The highest BCUT2D eigenvalue weighted by Gasteiger charge is 2.35. The molecular formula is C31H25ClN4O3. The van der Waals surface area contributed by atoms with E-state index in [0.717, 1.165) is 33.2 Å². The van der Waals surface area contributed by atoms with Gasteiger partial charge in [-0.3, -0.25) is 9.59 Å². The summed E-state index contributed by atoms with van der Waals surface area (Å²) in [4.78, 5) is 34.3. The molecule has 0 aliphatic carbocycles. The van der Waals surface area contributed by atoms with Crippen LogP contribution < -0.4 is 5.56 Å². The Labute approximate surface area is 229 Å². The molecule has 1 aliphatic rings. The summed E-state index contributed by atoms with van der Waals surface area (Å²) in [5, 5.41) is 7.84. The topological polar surface area (TPSA) is 91.6 Å². The molecule has 194 valence electrons. The van der Waals surface area contributed by atoms with E-state index in [1.54, 1.807) is 0 Å². The summed E-state index contributed by atoms with van der Waals surface area (Å²) in [6.45, 7) is 2.02. The number of hydrazone groups is 1. The number of pyridine rings is 1. The van der Waals surface area contributed by atoms with Crippen molar-refractivity contribution in [1.29, 1.82) is 0 Å². The number of nitrogens with zero attached hydrogens (tertiary/aromatic N) is 3. The third-order valence-corrected chi connectivity index (χ3v) is 7.30. The molecule has 7 nitrogen and oxygen atoms in total. The lowest BCUT2D eigenvalue weighted by Crippen LogP contribution is -2.27. The van der Waals surface area contributed by atoms with Gasteiger partial charge in [0, 0.05) is 40.8 Å². The summed E-state index contributed by atoms with van der Waals surface area (Å²) in [7, 11) is 0. The van der Waals surface area contributed by atoms with Gasteiger partial charge >= 0.3 is 0 Å². The number of hydrogen-bond donors (Lipinski definition) is 1. The van der Waals surface area contributed by atoms with Crippen LogP contribution in [-0.2, 0) is 11.2 Å². The molecule has 39 heavy (non-hydrogen) atoms. The lowest BCUT2D eigenvalue weighted by Gasteiger charge is -2.22. The molecule has 0 unspecified atom stereocenters. The van der Waals surface area contributed by atoms with E-state index in [1.165, 1.54) is 17.7 Å². The van der Waals surface area contributed by atoms with E-state index in [4.69, 9.17) is 21.1 Å². The van der Waals surface area contributed by atoms with Crippen molar-refractivity contribution < 1.29 is 9.21 Å². The molecule has 0 saturated heterocycles. The predicted octanol–water partition coefficient (Wildman–Crippen LogP) is 6.46. The predicted molar refractivity (Wildman–Crippen MR) is 152 cm³/mol. The van der Waals surface area contributed by atoms with Gasteiger partial charge in [0.15, 0.2) is 6.39 Å². The van der Waals surface area contributed by atoms with Crippen molar-refractivity contribution in [1.82, 2.24) is 15.0 Å². The van der Waals surface area contributed by atoms with E-state index in [1.807, 2.05) is 79.7 Å². The number of aromatic nitrogens is 2. The first-order chi connectivity index (χ1) is 19.0. The minimum Gasteiger partial charge on any atom is -0.451 e. The van der Waals surface area contributed by atoms with Gasteiger partial charge in [-0.15, -0.1) is 0 Å². The smallest absolute Gasteiger partial charge is 0.258 e. The highest BCUT2D eigenvalue weighted by atomic mass is 35.5. The Hall–Kier alpha value is -4.49. The number of hydrogen-bond acceptors (Lipinski definition) is 5. The summed E-state index contributed by atoms with van der Waals surface area (Å²) in [6, 6.07) is 22.8. The standard InChI is InChI=1S/C31H25ClN4O3/c1-19-6-8-20(9-7-19)27-16-26(35-36(27)28(37)15-14-23-17-39-18-33-23)30-29(21-10-12-22(32)13-11-21)24-4-2-3-5-25(24)34-31(30)38/h2-13,17-18,27H,14-16H2,1H3,(H,34,38)/t27-/m0/s1. The van der Waals surface area contributed by atoms with E-state index in [2.05, 4.69) is 9.97 Å². The first kappa shape index (κ1) is 24.8. The average Bonchev–Trinajstić information content (AvgIpc) is 3.63. The second kappa shape index (κ2) is 10.3. The summed E-state index contributed by atoms with van der Waals surface area (Å²) in [5.41, 5.74) is 5.90. The first-order valence-electron chi connectivity index (χ1n) is 12.7. The van der Waals surface area contributed by atoms with E-state index in [9.17, 15) is 9.59 Å². The van der Waals surface area contributed by atoms with Crippen LogP contribution in [-0.4, -0.2) is 26.6 Å². The number of amides is 1. The summed E-state index contributed by atoms with van der Waals surface area (Å²) >= 11 is 6.19. The number of carbonyl (C=O) groups excluding carboxylic acids is 1. The molecule has 0 spiro atoms. The number of halogens is 1. The van der Waals surface area contributed by atoms with Crippen LogP contribution >= 0.6 is 11.6 Å². The van der Waals surface area contributed by atoms with Gasteiger partial charge in [0.1, 0.15) is 6.26 Å². The van der Waals surface area contributed by atoms with Crippen LogP contribution in [0, 0.1) is 6.92 Å². The molecule has 6 rings (SSSR count). The Bertz CT molecular complexity index is 1740. The van der Waals surface area contributed by atoms with Gasteiger partial charge in [0.2, 0.25) is 5.91 Å². The van der Waals surface area contributed by atoms with Gasteiger partial charge in [-0.1, -0.05) is 71.8 Å². The van der Waals surface area contributed by atoms with Crippen LogP contribution in [0.4, 0.5) is 0 Å². The zero-order valence-electron chi connectivity index (χ0n) is 21.2. The number of aryl methyl sites for hydroxylation is 2. The average molecular weight is 537 g/mol. The fraction of sp³-hybridized carbons (Fsp3) is 0.161. The second-order valence-electron chi connectivity index (χ2n) is 9.65. The van der Waals surface area contributed by atoms with Crippen LogP contribution in [0.15, 0.2) is 99.8 Å². The van der Waals surface area contributed by atoms with Gasteiger partial charge < -0.3 is 9.40 Å². The molecule has 1 aliphatic heterocycles. The molecule has 3 heterocycles. The molecular weight excluding hydrogens is 512 g/mol. The minimum absolute atomic E-state index is 0.149. The SMILES string of the molecule is Cc1ccc([C@@H]2CC(c3c(-c4ccc(Cl)cc4)c4ccccc4[nH]c3=O)=NN2C(=O)CCc2cocn2)cc1. The van der Waals surface area contributed by atoms with Gasteiger partial charge in [0.25, 0.3) is 5.56 Å². The Balaban J connectivity index is 1.48. The van der Waals surface area contributed by atoms with Crippen molar-refractivity contribution in [2.75, 3.05) is 0 Å². The largest absolute Gasteiger partial charge is 0.451 e. The molecule has 1 N–H and O–H groups in total. The van der Waals surface area contributed by atoms with Crippen LogP contribution in [0.3, 0.4) is 0 Å². The Kier molecular flexibility index (Phi) is 6.59. The van der Waals surface area contributed by atoms with E-state index in [0.29, 0.717) is 34.8 Å². The monoisotopic (exact) mass is 536 g/mol. The van der Waals surface area contributed by atoms with Crippen LogP contribution in [0.1, 0.15) is 41.3 Å². The zero-order chi connectivity index (χ0) is 26.9. The number of rotatable bonds is 6. The fourth-order valence-corrected chi connectivity index (χ4v) is 5.21. The van der Waals surface area contributed by atoms with Gasteiger partial charge in [-0.25, -0.2) is 9.99 Å². The van der Waals surface area contributed by atoms with Crippen LogP contribution in [0.2, 0.25) is 5.02 Å². The van der Waals surface area contributed by atoms with Gasteiger partial charge in [-0.2, -0.15) is 5.10 Å². The molecule has 0 fully saturated rings. The van der Waals surface area contributed by atoms with Crippen molar-refractivity contribution in [3.63, 3.8) is 0 Å². The fourth-order valence-electron chi connectivity index (χ4n) is 5.08. The Morgan fingerprint density at radius 1 is 1.05 bits per heavy atom. The van der Waals surface area contributed by atoms with Crippen molar-refractivity contribution in [2.45, 2.75) is 32.2 Å². The van der Waals surface area contributed by atoms with Crippen LogP contribution in [0.5, 0.6) is 0 Å². The molecule has 5 aromatic rings. The van der Waals surface area contributed by atoms with Crippen molar-refractivity contribution >= 4 is 34.1 Å². The third-order valence-electron chi connectivity index (χ3n) is 7.05. The van der Waals surface area contributed by atoms with Crippen molar-refractivity contribution in [2.24, 2.45) is 5.10 Å². The number of benzene rings is 3. The minimum atomic E-state index is -0.339. The highest BCUT2D eigenvalue weighted by Crippen LogP contribution is 2.37. The maximum absolute atomic E-state index is 13.6. The molecule has 8 heteroatoms. The molecule has 0 saturated carbocycles. The van der Waals surface area contributed by atoms with E-state index < -0.39 is 0 Å². The summed E-state index contributed by atoms with van der Waals surface area (Å²) < 4.78 is 5.05. The maximum atomic E-state index is 13.6. The molecule has 3 aromatic carbocycles. The number of H-pyrrole nitrogens is 1. The van der Waals surface area contributed by atoms with Crippen molar-refractivity contribution in [3.05, 3.63) is 123 Å². The normalized spacial score (nSPS) is 15.1. The molecule has 2 aromatic heterocycles. The van der Waals surface area contributed by atoms with E-state index in [-0.39, 0.29) is 23.9 Å². The number of fused-ring (bicyclic) bond motifs is 1. The third kappa shape index (κ3) is 4.89. The van der Waals surface area contributed by atoms with Crippen LogP contribution in [0.25, 0.3) is 22.0 Å². The molecule has 0 radical (unpaired) electrons. The lowest BCUT2D eigenvalue weighted by atomic mass is 9.91. The number of oxazole rings is 1. The number of carbonyl (C=O) groups is 1. The summed E-state index contributed by atoms with van der Waals surface area (Å²) in [6.07, 6.45) is 3.94. The number of aromatic amines is 1. The second-order valence-corrected chi connectivity index (χ2v) is 10.1. The van der Waals surface area contributed by atoms with Gasteiger partial charge in [0.05, 0.1) is 23.0 Å². The first-order valence-corrected chi connectivity index (χ1v) is 13.1. The maximum Gasteiger partial charge on any atom is 0.258 e. The Morgan fingerprint density at radius 2 is 1.82 bits per heavy atom. The molecule has 0 bridgehead atoms. The van der Waals surface area contributed by atoms with E-state index >= 15 is 0 Å². The number of nitrogens with one attached hydrogen (secondary N) is 1. The lowest BCUT2D eigenvalue weighted by molar-refractivity contribution is -0.133.